The molecule has 0 fully saturated rings. The summed E-state index contributed by atoms with van der Waals surface area (Å²) in [5.41, 5.74) is 0.605. The van der Waals surface area contributed by atoms with E-state index < -0.39 is 11.1 Å². The van der Waals surface area contributed by atoms with Gasteiger partial charge in [-0.15, -0.1) is 11.3 Å². The normalized spacial score (nSPS) is 11.7. The van der Waals surface area contributed by atoms with Gasteiger partial charge in [-0.05, 0) is 37.1 Å². The minimum absolute atomic E-state index is 0.00707. The van der Waals surface area contributed by atoms with Gasteiger partial charge in [-0.2, -0.15) is 13.2 Å². The van der Waals surface area contributed by atoms with Gasteiger partial charge >= 0.3 is 6.18 Å². The fourth-order valence-corrected chi connectivity index (χ4v) is 2.83. The summed E-state index contributed by atoms with van der Waals surface area (Å²) in [5.74, 6) is 0.631. The van der Waals surface area contributed by atoms with Crippen molar-refractivity contribution in [1.82, 2.24) is 4.98 Å². The molecule has 0 bridgehead atoms. The number of aliphatic hydroxyl groups excluding tert-OH is 1. The van der Waals surface area contributed by atoms with E-state index in [1.165, 1.54) is 7.11 Å². The summed E-state index contributed by atoms with van der Waals surface area (Å²) in [6.07, 6.45) is -4.06. The number of nitrogens with zero attached hydrogens (tertiary/aromatic N) is 1. The van der Waals surface area contributed by atoms with Crippen molar-refractivity contribution in [2.24, 2.45) is 0 Å². The number of aromatic nitrogens is 1. The van der Waals surface area contributed by atoms with E-state index in [1.807, 2.05) is 0 Å². The van der Waals surface area contributed by atoms with Gasteiger partial charge in [-0.1, -0.05) is 0 Å². The first-order valence-electron chi connectivity index (χ1n) is 6.28. The van der Waals surface area contributed by atoms with Gasteiger partial charge in [0.25, 0.3) is 0 Å². The first kappa shape index (κ1) is 15.8. The van der Waals surface area contributed by atoms with Crippen molar-refractivity contribution in [3.8, 4) is 16.3 Å². The van der Waals surface area contributed by atoms with Crippen LogP contribution in [0.5, 0.6) is 5.75 Å². The third-order valence-corrected chi connectivity index (χ3v) is 4.06. The highest BCUT2D eigenvalue weighted by Crippen LogP contribution is 2.40. The Morgan fingerprint density at radius 2 is 1.90 bits per heavy atom. The van der Waals surface area contributed by atoms with Crippen LogP contribution < -0.4 is 4.74 Å². The van der Waals surface area contributed by atoms with Crippen LogP contribution in [0.2, 0.25) is 0 Å². The molecule has 2 aromatic rings. The molecule has 1 aromatic carbocycles. The lowest BCUT2D eigenvalue weighted by Gasteiger charge is -2.04. The van der Waals surface area contributed by atoms with Crippen molar-refractivity contribution < 1.29 is 23.0 Å². The van der Waals surface area contributed by atoms with Crippen LogP contribution in [0.15, 0.2) is 24.3 Å². The van der Waals surface area contributed by atoms with E-state index in [0.717, 1.165) is 0 Å². The fourth-order valence-electron chi connectivity index (χ4n) is 1.85. The predicted octanol–water partition coefficient (Wildman–Crippen LogP) is 3.76. The molecule has 0 spiro atoms. The third-order valence-electron chi connectivity index (χ3n) is 2.86. The Hall–Kier alpha value is -1.60. The molecular formula is C14H14F3NO2S. The molecule has 0 aliphatic carbocycles. The zero-order valence-electron chi connectivity index (χ0n) is 11.3. The minimum atomic E-state index is -4.42. The Morgan fingerprint density at radius 1 is 1.24 bits per heavy atom. The molecule has 0 amide bonds. The summed E-state index contributed by atoms with van der Waals surface area (Å²) >= 11 is 0.625. The van der Waals surface area contributed by atoms with E-state index in [1.54, 1.807) is 24.3 Å². The van der Waals surface area contributed by atoms with Crippen molar-refractivity contribution >= 4 is 11.3 Å². The second-order valence-electron chi connectivity index (χ2n) is 4.35. The van der Waals surface area contributed by atoms with Gasteiger partial charge in [0.05, 0.1) is 12.8 Å². The van der Waals surface area contributed by atoms with Crippen molar-refractivity contribution in [2.75, 3.05) is 13.7 Å². The lowest BCUT2D eigenvalue weighted by molar-refractivity contribution is -0.135. The van der Waals surface area contributed by atoms with Gasteiger partial charge in [0.1, 0.15) is 15.6 Å². The predicted molar refractivity (Wildman–Crippen MR) is 74.5 cm³/mol. The highest BCUT2D eigenvalue weighted by atomic mass is 32.1. The molecule has 1 heterocycles. The minimum Gasteiger partial charge on any atom is -0.497 e. The standard InChI is InChI=1S/C14H14F3NO2S/c1-20-10-6-4-9(5-7-10)13-18-11(3-2-8-19)12(21-13)14(15,16)17/h4-7,19H,2-3,8H2,1H3. The molecule has 0 aliphatic rings. The molecule has 0 radical (unpaired) electrons. The monoisotopic (exact) mass is 317 g/mol. The van der Waals surface area contributed by atoms with Crippen molar-refractivity contribution in [2.45, 2.75) is 19.0 Å². The molecule has 0 saturated carbocycles. The van der Waals surface area contributed by atoms with Crippen LogP contribution in [0.3, 0.4) is 0 Å². The van der Waals surface area contributed by atoms with E-state index in [9.17, 15) is 13.2 Å². The molecule has 0 saturated heterocycles. The first-order chi connectivity index (χ1) is 9.95. The van der Waals surface area contributed by atoms with Crippen molar-refractivity contribution in [3.05, 3.63) is 34.8 Å². The fraction of sp³-hybridized carbons (Fsp3) is 0.357. The largest absolute Gasteiger partial charge is 0.497 e. The number of ether oxygens (including phenoxy) is 1. The second kappa shape index (κ2) is 6.44. The number of thiazole rings is 1. The Labute approximate surface area is 124 Å². The number of alkyl halides is 3. The molecule has 114 valence electrons. The highest BCUT2D eigenvalue weighted by Gasteiger charge is 2.36. The molecule has 0 atom stereocenters. The van der Waals surface area contributed by atoms with Crippen molar-refractivity contribution in [3.63, 3.8) is 0 Å². The van der Waals surface area contributed by atoms with Crippen LogP contribution in [0.4, 0.5) is 13.2 Å². The Kier molecular flexibility index (Phi) is 4.84. The van der Waals surface area contributed by atoms with Crippen LogP contribution in [0.25, 0.3) is 10.6 Å². The lowest BCUT2D eigenvalue weighted by atomic mass is 10.2. The summed E-state index contributed by atoms with van der Waals surface area (Å²) in [5, 5.41) is 9.10. The number of benzene rings is 1. The number of rotatable bonds is 5. The highest BCUT2D eigenvalue weighted by molar-refractivity contribution is 7.15. The van der Waals surface area contributed by atoms with E-state index in [2.05, 4.69) is 4.98 Å². The average molecular weight is 317 g/mol. The van der Waals surface area contributed by atoms with Gasteiger partial charge < -0.3 is 9.84 Å². The number of hydrogen-bond acceptors (Lipinski definition) is 4. The molecule has 7 heteroatoms. The maximum Gasteiger partial charge on any atom is 0.427 e. The van der Waals surface area contributed by atoms with Gasteiger partial charge in [-0.25, -0.2) is 4.98 Å². The zero-order valence-corrected chi connectivity index (χ0v) is 12.1. The molecule has 0 aliphatic heterocycles. The summed E-state index contributed by atoms with van der Waals surface area (Å²) in [4.78, 5) is 3.39. The average Bonchev–Trinajstić information content (AvgIpc) is 2.89. The summed E-state index contributed by atoms with van der Waals surface area (Å²) in [7, 11) is 1.52. The lowest BCUT2D eigenvalue weighted by Crippen LogP contribution is -2.06. The van der Waals surface area contributed by atoms with Gasteiger partial charge in [-0.3, -0.25) is 0 Å². The topological polar surface area (TPSA) is 42.4 Å². The van der Waals surface area contributed by atoms with Gasteiger partial charge in [0.2, 0.25) is 0 Å². The van der Waals surface area contributed by atoms with Crippen LogP contribution in [0.1, 0.15) is 17.0 Å². The number of methoxy groups -OCH3 is 1. The maximum atomic E-state index is 13.0. The second-order valence-corrected chi connectivity index (χ2v) is 5.35. The molecule has 3 nitrogen and oxygen atoms in total. The van der Waals surface area contributed by atoms with E-state index in [4.69, 9.17) is 9.84 Å². The van der Waals surface area contributed by atoms with E-state index >= 15 is 0 Å². The Morgan fingerprint density at radius 3 is 2.43 bits per heavy atom. The van der Waals surface area contributed by atoms with Crippen LogP contribution >= 0.6 is 11.3 Å². The molecule has 0 unspecified atom stereocenters. The third kappa shape index (κ3) is 3.74. The van der Waals surface area contributed by atoms with E-state index in [-0.39, 0.29) is 25.1 Å². The van der Waals surface area contributed by atoms with Crippen molar-refractivity contribution in [1.29, 1.82) is 0 Å². The Balaban J connectivity index is 2.37. The van der Waals surface area contributed by atoms with Crippen LogP contribution in [0, 0.1) is 0 Å². The zero-order chi connectivity index (χ0) is 15.5. The molecule has 21 heavy (non-hydrogen) atoms. The molecular weight excluding hydrogens is 303 g/mol. The first-order valence-corrected chi connectivity index (χ1v) is 7.09. The number of aryl methyl sites for hydroxylation is 1. The Bertz CT molecular complexity index is 593. The number of hydrogen-bond donors (Lipinski definition) is 1. The number of aliphatic hydroxyl groups is 1. The molecule has 1 aromatic heterocycles. The summed E-state index contributed by atoms with van der Waals surface area (Å²) < 4.78 is 44.1. The smallest absolute Gasteiger partial charge is 0.427 e. The van der Waals surface area contributed by atoms with Crippen LogP contribution in [-0.2, 0) is 12.6 Å². The summed E-state index contributed by atoms with van der Waals surface area (Å²) in [6.45, 7) is -0.160. The summed E-state index contributed by atoms with van der Waals surface area (Å²) in [6, 6.07) is 6.70. The quantitative estimate of drug-likeness (QED) is 0.913. The van der Waals surface area contributed by atoms with E-state index in [0.29, 0.717) is 27.7 Å². The molecule has 1 N–H and O–H groups in total. The SMILES string of the molecule is COc1ccc(-c2nc(CCCO)c(C(F)(F)F)s2)cc1. The maximum absolute atomic E-state index is 13.0. The van der Waals surface area contributed by atoms with Crippen LogP contribution in [-0.4, -0.2) is 23.8 Å². The number of halogens is 3. The molecule has 2 rings (SSSR count). The van der Waals surface area contributed by atoms with Gasteiger partial charge in [0, 0.05) is 12.2 Å². The van der Waals surface area contributed by atoms with Gasteiger partial charge in [0.15, 0.2) is 0 Å².